The van der Waals surface area contributed by atoms with Gasteiger partial charge >= 0.3 is 6.03 Å². The minimum Gasteiger partial charge on any atom is -0.379 e. The van der Waals surface area contributed by atoms with Gasteiger partial charge in [0.2, 0.25) is 0 Å². The Bertz CT molecular complexity index is 753. The summed E-state index contributed by atoms with van der Waals surface area (Å²) in [4.78, 5) is 15.1. The summed E-state index contributed by atoms with van der Waals surface area (Å²) in [6, 6.07) is 18.0. The summed E-state index contributed by atoms with van der Waals surface area (Å²) in [5.41, 5.74) is 3.22. The molecule has 0 spiro atoms. The molecule has 150 valence electrons. The number of rotatable bonds is 6. The largest absolute Gasteiger partial charge is 0.379 e. The Hall–Kier alpha value is -2.37. The Labute approximate surface area is 168 Å². The average molecular weight is 382 g/mol. The second-order valence-electron chi connectivity index (χ2n) is 7.99. The minimum atomic E-state index is -0.187. The number of hydrogen-bond acceptors (Lipinski definition) is 3. The third-order valence-electron chi connectivity index (χ3n) is 5.37. The summed E-state index contributed by atoms with van der Waals surface area (Å²) in [5, 5.41) is 6.22. The van der Waals surface area contributed by atoms with Gasteiger partial charge in [0.25, 0.3) is 0 Å². The van der Waals surface area contributed by atoms with E-state index in [1.165, 1.54) is 5.56 Å². The summed E-state index contributed by atoms with van der Waals surface area (Å²) in [5.74, 6) is 0. The second kappa shape index (κ2) is 9.22. The van der Waals surface area contributed by atoms with Crippen LogP contribution in [0.4, 0.5) is 4.79 Å². The molecule has 2 aromatic rings. The molecule has 3 rings (SSSR count). The zero-order valence-corrected chi connectivity index (χ0v) is 17.1. The molecule has 1 aliphatic rings. The van der Waals surface area contributed by atoms with Gasteiger partial charge in [0.1, 0.15) is 0 Å². The van der Waals surface area contributed by atoms with Crippen LogP contribution in [0.3, 0.4) is 0 Å². The maximum atomic E-state index is 12.7. The molecule has 1 aliphatic heterocycles. The van der Waals surface area contributed by atoms with E-state index in [9.17, 15) is 4.79 Å². The van der Waals surface area contributed by atoms with Crippen LogP contribution in [-0.2, 0) is 4.74 Å². The average Bonchev–Trinajstić information content (AvgIpc) is 2.73. The number of carbonyl (C=O) groups is 1. The van der Waals surface area contributed by atoms with E-state index < -0.39 is 0 Å². The SMILES string of the molecule is Cc1ccc(C(NC(=O)NCC(C)(C)N2CCOCC2)c2ccccc2)cc1. The van der Waals surface area contributed by atoms with E-state index in [2.05, 4.69) is 60.6 Å². The first-order valence-corrected chi connectivity index (χ1v) is 9.94. The molecule has 5 heteroatoms. The van der Waals surface area contributed by atoms with Crippen molar-refractivity contribution in [3.63, 3.8) is 0 Å². The maximum Gasteiger partial charge on any atom is 0.315 e. The lowest BCUT2D eigenvalue weighted by Crippen LogP contribution is -2.56. The van der Waals surface area contributed by atoms with Crippen LogP contribution in [0.1, 0.15) is 36.6 Å². The minimum absolute atomic E-state index is 0.118. The first kappa shape index (κ1) is 20.4. The molecule has 1 heterocycles. The number of nitrogens with one attached hydrogen (secondary N) is 2. The molecule has 1 fully saturated rings. The van der Waals surface area contributed by atoms with Crippen molar-refractivity contribution < 1.29 is 9.53 Å². The topological polar surface area (TPSA) is 53.6 Å². The van der Waals surface area contributed by atoms with E-state index in [4.69, 9.17) is 4.74 Å². The highest BCUT2D eigenvalue weighted by Crippen LogP contribution is 2.22. The van der Waals surface area contributed by atoms with Crippen LogP contribution < -0.4 is 10.6 Å². The lowest BCUT2D eigenvalue weighted by molar-refractivity contribution is -0.00875. The Balaban J connectivity index is 1.66. The van der Waals surface area contributed by atoms with E-state index >= 15 is 0 Å². The van der Waals surface area contributed by atoms with E-state index in [0.29, 0.717) is 6.54 Å². The van der Waals surface area contributed by atoms with Gasteiger partial charge in [0.15, 0.2) is 0 Å². The quantitative estimate of drug-likeness (QED) is 0.805. The molecule has 5 nitrogen and oxygen atoms in total. The van der Waals surface area contributed by atoms with E-state index in [1.54, 1.807) is 0 Å². The number of aryl methyl sites for hydroxylation is 1. The summed E-state index contributed by atoms with van der Waals surface area (Å²) in [6.45, 7) is 10.3. The first-order chi connectivity index (χ1) is 13.5. The smallest absolute Gasteiger partial charge is 0.315 e. The Kier molecular flexibility index (Phi) is 6.70. The number of nitrogens with zero attached hydrogens (tertiary/aromatic N) is 1. The Morgan fingerprint density at radius 2 is 1.64 bits per heavy atom. The van der Waals surface area contributed by atoms with Crippen molar-refractivity contribution in [2.75, 3.05) is 32.8 Å². The van der Waals surface area contributed by atoms with Crippen molar-refractivity contribution in [3.8, 4) is 0 Å². The van der Waals surface area contributed by atoms with E-state index in [0.717, 1.165) is 37.4 Å². The predicted octanol–water partition coefficient (Wildman–Crippen LogP) is 3.49. The highest BCUT2D eigenvalue weighted by atomic mass is 16.5. The lowest BCUT2D eigenvalue weighted by Gasteiger charge is -2.40. The zero-order chi connectivity index (χ0) is 20.0. The molecule has 1 unspecified atom stereocenters. The Morgan fingerprint density at radius 3 is 2.29 bits per heavy atom. The van der Waals surface area contributed by atoms with Crippen LogP contribution >= 0.6 is 0 Å². The predicted molar refractivity (Wildman–Crippen MR) is 112 cm³/mol. The van der Waals surface area contributed by atoms with Crippen LogP contribution in [0.25, 0.3) is 0 Å². The first-order valence-electron chi connectivity index (χ1n) is 9.94. The third kappa shape index (κ3) is 5.33. The second-order valence-corrected chi connectivity index (χ2v) is 7.99. The third-order valence-corrected chi connectivity index (χ3v) is 5.37. The molecule has 0 aliphatic carbocycles. The fourth-order valence-electron chi connectivity index (χ4n) is 3.52. The van der Waals surface area contributed by atoms with Gasteiger partial charge in [0, 0.05) is 25.2 Å². The molecule has 1 atom stereocenters. The number of ether oxygens (including phenoxy) is 1. The van der Waals surface area contributed by atoms with Crippen molar-refractivity contribution >= 4 is 6.03 Å². The molecule has 0 saturated carbocycles. The van der Waals surface area contributed by atoms with Crippen molar-refractivity contribution in [3.05, 3.63) is 71.3 Å². The normalized spacial score (nSPS) is 16.4. The monoisotopic (exact) mass is 381 g/mol. The molecular weight excluding hydrogens is 350 g/mol. The van der Waals surface area contributed by atoms with Gasteiger partial charge in [0.05, 0.1) is 19.3 Å². The molecule has 0 bridgehead atoms. The number of morpholine rings is 1. The van der Waals surface area contributed by atoms with E-state index in [-0.39, 0.29) is 17.6 Å². The summed E-state index contributed by atoms with van der Waals surface area (Å²) in [6.07, 6.45) is 0. The van der Waals surface area contributed by atoms with Gasteiger partial charge in [-0.3, -0.25) is 4.90 Å². The Morgan fingerprint density at radius 1 is 1.04 bits per heavy atom. The fourth-order valence-corrected chi connectivity index (χ4v) is 3.52. The van der Waals surface area contributed by atoms with Crippen molar-refractivity contribution in [2.45, 2.75) is 32.4 Å². The molecular formula is C23H31N3O2. The summed E-state index contributed by atoms with van der Waals surface area (Å²) >= 11 is 0. The molecule has 2 aromatic carbocycles. The van der Waals surface area contributed by atoms with Crippen LogP contribution in [-0.4, -0.2) is 49.3 Å². The molecule has 0 aromatic heterocycles. The van der Waals surface area contributed by atoms with Gasteiger partial charge in [-0.05, 0) is 31.9 Å². The van der Waals surface area contributed by atoms with Gasteiger partial charge in [-0.2, -0.15) is 0 Å². The van der Waals surface area contributed by atoms with Crippen LogP contribution in [0.5, 0.6) is 0 Å². The molecule has 1 saturated heterocycles. The van der Waals surface area contributed by atoms with Gasteiger partial charge in [-0.1, -0.05) is 60.2 Å². The van der Waals surface area contributed by atoms with Crippen molar-refractivity contribution in [1.29, 1.82) is 0 Å². The number of amides is 2. The van der Waals surface area contributed by atoms with E-state index in [1.807, 2.05) is 30.3 Å². The zero-order valence-electron chi connectivity index (χ0n) is 17.1. The maximum absolute atomic E-state index is 12.7. The standard InChI is InChI=1S/C23H31N3O2/c1-18-9-11-20(12-10-18)21(19-7-5-4-6-8-19)25-22(27)24-17-23(2,3)26-13-15-28-16-14-26/h4-12,21H,13-17H2,1-3H3,(H2,24,25,27). The van der Waals surface area contributed by atoms with Crippen LogP contribution in [0.2, 0.25) is 0 Å². The van der Waals surface area contributed by atoms with Crippen LogP contribution in [0, 0.1) is 6.92 Å². The molecule has 28 heavy (non-hydrogen) atoms. The van der Waals surface area contributed by atoms with Crippen LogP contribution in [0.15, 0.2) is 54.6 Å². The number of hydrogen-bond donors (Lipinski definition) is 2. The number of benzene rings is 2. The van der Waals surface area contributed by atoms with Gasteiger partial charge < -0.3 is 15.4 Å². The van der Waals surface area contributed by atoms with Gasteiger partial charge in [-0.15, -0.1) is 0 Å². The lowest BCUT2D eigenvalue weighted by atomic mass is 9.98. The molecule has 2 amide bonds. The highest BCUT2D eigenvalue weighted by Gasteiger charge is 2.29. The van der Waals surface area contributed by atoms with Crippen molar-refractivity contribution in [1.82, 2.24) is 15.5 Å². The van der Waals surface area contributed by atoms with Crippen molar-refractivity contribution in [2.24, 2.45) is 0 Å². The molecule has 0 radical (unpaired) electrons. The molecule has 2 N–H and O–H groups in total. The summed E-state index contributed by atoms with van der Waals surface area (Å²) in [7, 11) is 0. The highest BCUT2D eigenvalue weighted by molar-refractivity contribution is 5.75. The van der Waals surface area contributed by atoms with Gasteiger partial charge in [-0.25, -0.2) is 4.79 Å². The number of carbonyl (C=O) groups excluding carboxylic acids is 1. The fraction of sp³-hybridized carbons (Fsp3) is 0.435. The summed E-state index contributed by atoms with van der Waals surface area (Å²) < 4.78 is 5.44. The number of urea groups is 1.